The highest BCUT2D eigenvalue weighted by Crippen LogP contribution is 2.44. The third-order valence-electron chi connectivity index (χ3n) is 6.02. The molecule has 148 valence electrons. The van der Waals surface area contributed by atoms with Crippen molar-refractivity contribution >= 4 is 11.9 Å². The maximum Gasteiger partial charge on any atom is 0.334 e. The predicted octanol–water partition coefficient (Wildman–Crippen LogP) is 4.17. The van der Waals surface area contributed by atoms with Crippen LogP contribution in [0.5, 0.6) is 0 Å². The Morgan fingerprint density at radius 2 is 2.00 bits per heavy atom. The highest BCUT2D eigenvalue weighted by atomic mass is 16.6. The Labute approximate surface area is 161 Å². The highest BCUT2D eigenvalue weighted by molar-refractivity contribution is 5.92. The molecule has 2 heterocycles. The van der Waals surface area contributed by atoms with E-state index in [0.717, 1.165) is 30.4 Å². The molecule has 3 aliphatic rings. The summed E-state index contributed by atoms with van der Waals surface area (Å²) in [4.78, 5) is 23.6. The van der Waals surface area contributed by atoms with E-state index in [-0.39, 0.29) is 35.9 Å². The molecule has 2 aliphatic heterocycles. The van der Waals surface area contributed by atoms with Crippen LogP contribution in [0.1, 0.15) is 66.2 Å². The second-order valence-corrected chi connectivity index (χ2v) is 8.24. The molecule has 1 aliphatic carbocycles. The molecule has 0 saturated carbocycles. The summed E-state index contributed by atoms with van der Waals surface area (Å²) >= 11 is 0. The quantitative estimate of drug-likeness (QED) is 0.391. The molecule has 27 heavy (non-hydrogen) atoms. The molecule has 4 atom stereocenters. The Bertz CT molecular complexity index is 716. The van der Waals surface area contributed by atoms with Gasteiger partial charge in [0.1, 0.15) is 12.2 Å². The lowest BCUT2D eigenvalue weighted by atomic mass is 9.90. The molecule has 1 saturated heterocycles. The van der Waals surface area contributed by atoms with Crippen LogP contribution in [-0.4, -0.2) is 35.9 Å². The van der Waals surface area contributed by atoms with Crippen LogP contribution in [0.15, 0.2) is 34.9 Å². The number of allylic oxidation sites excluding steroid dienone is 1. The lowest BCUT2D eigenvalue weighted by molar-refractivity contribution is -0.145. The molecule has 0 unspecified atom stereocenters. The lowest BCUT2D eigenvalue weighted by Crippen LogP contribution is -2.22. The van der Waals surface area contributed by atoms with Gasteiger partial charge >= 0.3 is 11.9 Å². The van der Waals surface area contributed by atoms with E-state index in [9.17, 15) is 9.59 Å². The van der Waals surface area contributed by atoms with Crippen molar-refractivity contribution in [3.8, 4) is 0 Å². The zero-order valence-electron chi connectivity index (χ0n) is 16.8. The first-order valence-corrected chi connectivity index (χ1v) is 9.80. The van der Waals surface area contributed by atoms with Crippen molar-refractivity contribution in [3.63, 3.8) is 0 Å². The van der Waals surface area contributed by atoms with Gasteiger partial charge in [0.05, 0.1) is 11.7 Å². The van der Waals surface area contributed by atoms with Crippen LogP contribution in [0, 0.1) is 0 Å². The average Bonchev–Trinajstić information content (AvgIpc) is 3.17. The molecule has 5 heteroatoms. The normalized spacial score (nSPS) is 36.7. The summed E-state index contributed by atoms with van der Waals surface area (Å²) < 4.78 is 17.0. The van der Waals surface area contributed by atoms with Crippen molar-refractivity contribution in [2.75, 3.05) is 0 Å². The summed E-state index contributed by atoms with van der Waals surface area (Å²) in [7, 11) is 0. The van der Waals surface area contributed by atoms with E-state index in [2.05, 4.69) is 26.5 Å². The fourth-order valence-corrected chi connectivity index (χ4v) is 4.08. The van der Waals surface area contributed by atoms with Gasteiger partial charge < -0.3 is 14.2 Å². The van der Waals surface area contributed by atoms with Crippen LogP contribution in [0.25, 0.3) is 0 Å². The zero-order valence-corrected chi connectivity index (χ0v) is 16.8. The maximum atomic E-state index is 12.1. The Kier molecular flexibility index (Phi) is 5.61. The maximum absolute atomic E-state index is 12.1. The molecule has 0 bridgehead atoms. The smallest absolute Gasteiger partial charge is 0.334 e. The van der Waals surface area contributed by atoms with E-state index < -0.39 is 0 Å². The lowest BCUT2D eigenvalue weighted by Gasteiger charge is -2.22. The van der Waals surface area contributed by atoms with Gasteiger partial charge in [0.2, 0.25) is 0 Å². The van der Waals surface area contributed by atoms with Crippen LogP contribution in [-0.2, 0) is 23.8 Å². The van der Waals surface area contributed by atoms with E-state index >= 15 is 0 Å². The van der Waals surface area contributed by atoms with Gasteiger partial charge in [0.15, 0.2) is 0 Å². The van der Waals surface area contributed by atoms with Crippen molar-refractivity contribution in [2.24, 2.45) is 0 Å². The zero-order chi connectivity index (χ0) is 19.8. The van der Waals surface area contributed by atoms with Gasteiger partial charge in [-0.25, -0.2) is 4.79 Å². The van der Waals surface area contributed by atoms with Gasteiger partial charge in [-0.3, -0.25) is 4.79 Å². The second-order valence-electron chi connectivity index (χ2n) is 8.24. The van der Waals surface area contributed by atoms with Crippen molar-refractivity contribution in [1.82, 2.24) is 0 Å². The van der Waals surface area contributed by atoms with Crippen molar-refractivity contribution in [3.05, 3.63) is 34.9 Å². The SMILES string of the molecule is C=C1CCC2=C(C)C(=O)O[C@H]2/C=C(\C)CC[C@H]2O[C@]2(C)CC[C@H]1OC(C)=O. The van der Waals surface area contributed by atoms with E-state index in [1.54, 1.807) is 0 Å². The molecule has 0 spiro atoms. The number of carbonyl (C=O) groups is 2. The third kappa shape index (κ3) is 4.52. The van der Waals surface area contributed by atoms with E-state index in [0.29, 0.717) is 24.8 Å². The largest absolute Gasteiger partial charge is 0.458 e. The highest BCUT2D eigenvalue weighted by Gasteiger charge is 2.51. The molecule has 0 radical (unpaired) electrons. The van der Waals surface area contributed by atoms with Crippen LogP contribution in [0.3, 0.4) is 0 Å². The second kappa shape index (κ2) is 7.63. The van der Waals surface area contributed by atoms with Gasteiger partial charge in [-0.05, 0) is 76.5 Å². The van der Waals surface area contributed by atoms with Crippen LogP contribution in [0.4, 0.5) is 0 Å². The minimum Gasteiger partial charge on any atom is -0.458 e. The molecule has 0 amide bonds. The number of fused-ring (bicyclic) bond motifs is 2. The number of hydrogen-bond donors (Lipinski definition) is 0. The number of rotatable bonds is 1. The van der Waals surface area contributed by atoms with Crippen molar-refractivity contribution in [1.29, 1.82) is 0 Å². The molecule has 5 nitrogen and oxygen atoms in total. The molecule has 1 fully saturated rings. The Hall–Kier alpha value is -1.88. The fourth-order valence-electron chi connectivity index (χ4n) is 4.08. The van der Waals surface area contributed by atoms with Crippen molar-refractivity contribution < 1.29 is 23.8 Å². The standard InChI is InChI=1S/C22H30O5/c1-13-6-9-20-22(5,27-20)11-10-18(25-16(4)23)14(2)7-8-17-15(3)21(24)26-19(17)12-13/h12,18-20H,2,6-11H2,1,3-5H3/b13-12+/t18-,19+,20-,22-/m1/s1. The topological polar surface area (TPSA) is 65.1 Å². The van der Waals surface area contributed by atoms with Gasteiger partial charge in [-0.1, -0.05) is 12.2 Å². The molecule has 0 aromatic rings. The molecule has 0 aromatic carbocycles. The minimum atomic E-state index is -0.318. The van der Waals surface area contributed by atoms with Crippen LogP contribution in [0.2, 0.25) is 0 Å². The first-order chi connectivity index (χ1) is 12.7. The number of epoxide rings is 1. The average molecular weight is 374 g/mol. The molecule has 3 rings (SSSR count). The summed E-state index contributed by atoms with van der Waals surface area (Å²) in [6.07, 6.45) is 6.40. The third-order valence-corrected chi connectivity index (χ3v) is 6.02. The number of ether oxygens (including phenoxy) is 3. The number of carbonyl (C=O) groups excluding carboxylic acids is 2. The van der Waals surface area contributed by atoms with Gasteiger partial charge in [0.25, 0.3) is 0 Å². The summed E-state index contributed by atoms with van der Waals surface area (Å²) in [5.41, 5.74) is 3.64. The fraction of sp³-hybridized carbons (Fsp3) is 0.636. The summed E-state index contributed by atoms with van der Waals surface area (Å²) in [6, 6.07) is 0. The monoisotopic (exact) mass is 374 g/mol. The molecular formula is C22H30O5. The Morgan fingerprint density at radius 1 is 1.26 bits per heavy atom. The molecule has 0 aromatic heterocycles. The first-order valence-electron chi connectivity index (χ1n) is 9.80. The summed E-state index contributed by atoms with van der Waals surface area (Å²) in [5, 5.41) is 0. The molecular weight excluding hydrogens is 344 g/mol. The van der Waals surface area contributed by atoms with Crippen LogP contribution >= 0.6 is 0 Å². The Morgan fingerprint density at radius 3 is 2.70 bits per heavy atom. The minimum absolute atomic E-state index is 0.148. The van der Waals surface area contributed by atoms with Crippen molar-refractivity contribution in [2.45, 2.75) is 90.1 Å². The predicted molar refractivity (Wildman–Crippen MR) is 102 cm³/mol. The van der Waals surface area contributed by atoms with Gasteiger partial charge in [-0.2, -0.15) is 0 Å². The number of hydrogen-bond acceptors (Lipinski definition) is 5. The van der Waals surface area contributed by atoms with Gasteiger partial charge in [0, 0.05) is 12.5 Å². The van der Waals surface area contributed by atoms with E-state index in [1.807, 2.05) is 6.92 Å². The Balaban J connectivity index is 1.83. The van der Waals surface area contributed by atoms with Gasteiger partial charge in [-0.15, -0.1) is 0 Å². The molecule has 0 N–H and O–H groups in total. The summed E-state index contributed by atoms with van der Waals surface area (Å²) in [5.74, 6) is -0.546. The number of esters is 2. The summed E-state index contributed by atoms with van der Waals surface area (Å²) in [6.45, 7) is 11.6. The van der Waals surface area contributed by atoms with E-state index in [4.69, 9.17) is 14.2 Å². The first kappa shape index (κ1) is 19.9. The van der Waals surface area contributed by atoms with Crippen LogP contribution < -0.4 is 0 Å². The van der Waals surface area contributed by atoms with E-state index in [1.165, 1.54) is 12.5 Å².